The Bertz CT molecular complexity index is 449. The fourth-order valence-electron chi connectivity index (χ4n) is 3.18. The third-order valence-corrected chi connectivity index (χ3v) is 5.68. The Balaban J connectivity index is 1.88. The second-order valence-electron chi connectivity index (χ2n) is 6.16. The van der Waals surface area contributed by atoms with Crippen LogP contribution in [0.15, 0.2) is 12.1 Å². The molecular formula is C18H26OS. The average Bonchev–Trinajstić information content (AvgIpc) is 2.42. The van der Waals surface area contributed by atoms with Gasteiger partial charge >= 0.3 is 0 Å². The number of rotatable bonds is 5. The van der Waals surface area contributed by atoms with Crippen molar-refractivity contribution in [3.8, 4) is 0 Å². The van der Waals surface area contributed by atoms with Crippen LogP contribution in [0.25, 0.3) is 0 Å². The van der Waals surface area contributed by atoms with Crippen LogP contribution in [-0.4, -0.2) is 16.8 Å². The summed E-state index contributed by atoms with van der Waals surface area (Å²) in [5.41, 5.74) is 5.05. The first-order valence-electron chi connectivity index (χ1n) is 7.76. The number of aryl methyl sites for hydroxylation is 3. The summed E-state index contributed by atoms with van der Waals surface area (Å²) in [6.45, 7) is 6.36. The molecule has 0 radical (unpaired) electrons. The van der Waals surface area contributed by atoms with Crippen LogP contribution < -0.4 is 0 Å². The Morgan fingerprint density at radius 3 is 2.30 bits per heavy atom. The summed E-state index contributed by atoms with van der Waals surface area (Å²) in [5.74, 6) is 1.08. The van der Waals surface area contributed by atoms with Crippen LogP contribution in [0.2, 0.25) is 0 Å². The molecule has 0 aliphatic heterocycles. The lowest BCUT2D eigenvalue weighted by Gasteiger charge is -2.20. The topological polar surface area (TPSA) is 17.1 Å². The lowest BCUT2D eigenvalue weighted by Crippen LogP contribution is -2.14. The second-order valence-corrected chi connectivity index (χ2v) is 7.45. The maximum absolute atomic E-state index is 12.2. The Hall–Kier alpha value is -0.760. The molecule has 0 bridgehead atoms. The molecule has 0 saturated heterocycles. The fourth-order valence-corrected chi connectivity index (χ4v) is 4.37. The number of hydrogen-bond acceptors (Lipinski definition) is 2. The quantitative estimate of drug-likeness (QED) is 0.775. The highest BCUT2D eigenvalue weighted by Crippen LogP contribution is 2.28. The van der Waals surface area contributed by atoms with Gasteiger partial charge in [0.2, 0.25) is 0 Å². The summed E-state index contributed by atoms with van der Waals surface area (Å²) < 4.78 is 0. The smallest absolute Gasteiger partial charge is 0.147 e. The highest BCUT2D eigenvalue weighted by Gasteiger charge is 2.16. The summed E-state index contributed by atoms with van der Waals surface area (Å²) in [6, 6.07) is 4.37. The molecule has 1 aliphatic rings. The lowest BCUT2D eigenvalue weighted by atomic mass is 9.96. The number of thioether (sulfide) groups is 1. The zero-order valence-electron chi connectivity index (χ0n) is 13.0. The van der Waals surface area contributed by atoms with Gasteiger partial charge in [0, 0.05) is 11.7 Å². The molecule has 0 spiro atoms. The van der Waals surface area contributed by atoms with E-state index in [2.05, 4.69) is 32.9 Å². The van der Waals surface area contributed by atoms with E-state index in [0.29, 0.717) is 18.0 Å². The van der Waals surface area contributed by atoms with Crippen LogP contribution in [0, 0.1) is 20.8 Å². The van der Waals surface area contributed by atoms with Crippen molar-refractivity contribution in [1.29, 1.82) is 0 Å². The van der Waals surface area contributed by atoms with E-state index in [1.165, 1.54) is 54.4 Å². The van der Waals surface area contributed by atoms with E-state index in [1.54, 1.807) is 0 Å². The van der Waals surface area contributed by atoms with Gasteiger partial charge in [0.05, 0.1) is 5.75 Å². The Labute approximate surface area is 127 Å². The van der Waals surface area contributed by atoms with Crippen LogP contribution in [0.3, 0.4) is 0 Å². The zero-order valence-corrected chi connectivity index (χ0v) is 13.8. The molecule has 2 rings (SSSR count). The molecule has 20 heavy (non-hydrogen) atoms. The van der Waals surface area contributed by atoms with Gasteiger partial charge in [0.25, 0.3) is 0 Å². The molecule has 0 aromatic heterocycles. The van der Waals surface area contributed by atoms with E-state index in [4.69, 9.17) is 0 Å². The molecule has 0 unspecified atom stereocenters. The predicted octanol–water partition coefficient (Wildman–Crippen LogP) is 4.79. The van der Waals surface area contributed by atoms with E-state index >= 15 is 0 Å². The first-order valence-corrected chi connectivity index (χ1v) is 8.81. The normalized spacial score (nSPS) is 16.4. The monoisotopic (exact) mass is 290 g/mol. The van der Waals surface area contributed by atoms with Crippen LogP contribution in [-0.2, 0) is 11.2 Å². The molecule has 110 valence electrons. The molecule has 1 aromatic rings. The molecule has 0 atom stereocenters. The summed E-state index contributed by atoms with van der Waals surface area (Å²) in [4.78, 5) is 12.2. The molecular weight excluding hydrogens is 264 g/mol. The number of hydrogen-bond donors (Lipinski definition) is 0. The van der Waals surface area contributed by atoms with Crippen LogP contribution >= 0.6 is 11.8 Å². The van der Waals surface area contributed by atoms with E-state index in [-0.39, 0.29) is 0 Å². The summed E-state index contributed by atoms with van der Waals surface area (Å²) >= 11 is 1.89. The predicted molar refractivity (Wildman–Crippen MR) is 88.7 cm³/mol. The molecule has 0 amide bonds. The minimum atomic E-state index is 0.385. The maximum Gasteiger partial charge on any atom is 0.147 e. The Morgan fingerprint density at radius 2 is 1.70 bits per heavy atom. The van der Waals surface area contributed by atoms with E-state index in [9.17, 15) is 4.79 Å². The minimum Gasteiger partial charge on any atom is -0.298 e. The van der Waals surface area contributed by atoms with Crippen molar-refractivity contribution in [3.05, 3.63) is 34.4 Å². The van der Waals surface area contributed by atoms with E-state index in [0.717, 1.165) is 5.25 Å². The molecule has 0 N–H and O–H groups in total. The molecule has 1 fully saturated rings. The van der Waals surface area contributed by atoms with Crippen LogP contribution in [0.1, 0.15) is 54.4 Å². The average molecular weight is 290 g/mol. The zero-order chi connectivity index (χ0) is 14.5. The molecule has 1 nitrogen and oxygen atoms in total. The second kappa shape index (κ2) is 7.31. The number of carbonyl (C=O) groups is 1. The third-order valence-electron chi connectivity index (χ3n) is 4.25. The fraction of sp³-hybridized carbons (Fsp3) is 0.611. The maximum atomic E-state index is 12.2. The minimum absolute atomic E-state index is 0.385. The van der Waals surface area contributed by atoms with Crippen molar-refractivity contribution in [3.63, 3.8) is 0 Å². The highest BCUT2D eigenvalue weighted by atomic mass is 32.2. The highest BCUT2D eigenvalue weighted by molar-refractivity contribution is 8.00. The molecule has 2 heteroatoms. The van der Waals surface area contributed by atoms with Crippen molar-refractivity contribution < 1.29 is 4.79 Å². The van der Waals surface area contributed by atoms with Gasteiger partial charge in [0.1, 0.15) is 5.78 Å². The van der Waals surface area contributed by atoms with Gasteiger partial charge in [-0.3, -0.25) is 4.79 Å². The largest absolute Gasteiger partial charge is 0.298 e. The molecule has 1 aliphatic carbocycles. The third kappa shape index (κ3) is 4.37. The van der Waals surface area contributed by atoms with Gasteiger partial charge in [0.15, 0.2) is 0 Å². The molecule has 1 saturated carbocycles. The summed E-state index contributed by atoms with van der Waals surface area (Å²) in [6.07, 6.45) is 7.30. The van der Waals surface area contributed by atoms with Crippen molar-refractivity contribution in [2.45, 2.75) is 64.5 Å². The van der Waals surface area contributed by atoms with Crippen molar-refractivity contribution in [1.82, 2.24) is 0 Å². The van der Waals surface area contributed by atoms with Gasteiger partial charge in [-0.1, -0.05) is 37.0 Å². The van der Waals surface area contributed by atoms with Gasteiger partial charge in [-0.2, -0.15) is 11.8 Å². The van der Waals surface area contributed by atoms with Crippen molar-refractivity contribution in [2.75, 3.05) is 5.75 Å². The summed E-state index contributed by atoms with van der Waals surface area (Å²) in [7, 11) is 0. The molecule has 0 heterocycles. The van der Waals surface area contributed by atoms with Gasteiger partial charge in [-0.25, -0.2) is 0 Å². The van der Waals surface area contributed by atoms with E-state index in [1.807, 2.05) is 11.8 Å². The Kier molecular flexibility index (Phi) is 5.71. The Morgan fingerprint density at radius 1 is 1.10 bits per heavy atom. The summed E-state index contributed by atoms with van der Waals surface area (Å²) in [5, 5.41) is 0.730. The standard InChI is InChI=1S/C18H26OS/c1-13-9-14(2)18(15(3)10-13)11-16(19)12-20-17-7-5-4-6-8-17/h9-10,17H,4-8,11-12H2,1-3H3. The van der Waals surface area contributed by atoms with Crippen molar-refractivity contribution in [2.24, 2.45) is 0 Å². The van der Waals surface area contributed by atoms with Crippen LogP contribution in [0.4, 0.5) is 0 Å². The SMILES string of the molecule is Cc1cc(C)c(CC(=O)CSC2CCCCC2)c(C)c1. The number of benzene rings is 1. The number of ketones is 1. The lowest BCUT2D eigenvalue weighted by molar-refractivity contribution is -0.116. The first kappa shape index (κ1) is 15.6. The molecule has 1 aromatic carbocycles. The van der Waals surface area contributed by atoms with Gasteiger partial charge in [-0.15, -0.1) is 0 Å². The van der Waals surface area contributed by atoms with Crippen molar-refractivity contribution >= 4 is 17.5 Å². The van der Waals surface area contributed by atoms with E-state index < -0.39 is 0 Å². The first-order chi connectivity index (χ1) is 9.56. The number of Topliss-reactive ketones (excluding diaryl/α,β-unsaturated/α-hetero) is 1. The van der Waals surface area contributed by atoms with Gasteiger partial charge < -0.3 is 0 Å². The van der Waals surface area contributed by atoms with Crippen LogP contribution in [0.5, 0.6) is 0 Å². The number of carbonyl (C=O) groups excluding carboxylic acids is 1. The van der Waals surface area contributed by atoms with Gasteiger partial charge in [-0.05, 0) is 50.3 Å².